The van der Waals surface area contributed by atoms with Crippen molar-refractivity contribution in [1.29, 1.82) is 0 Å². The largest absolute Gasteiger partial charge is 0.466 e. The molecule has 0 aromatic carbocycles. The van der Waals surface area contributed by atoms with E-state index in [1.54, 1.807) is 0 Å². The van der Waals surface area contributed by atoms with Crippen molar-refractivity contribution in [2.75, 3.05) is 0 Å². The second-order valence-electron chi connectivity index (χ2n) is 2.54. The summed E-state index contributed by atoms with van der Waals surface area (Å²) >= 11 is 0. The summed E-state index contributed by atoms with van der Waals surface area (Å²) in [6, 6.07) is 1.94. The fraction of sp³-hybridized carbons (Fsp3) is 0.429. The third-order valence-electron chi connectivity index (χ3n) is 1.53. The Kier molecular flexibility index (Phi) is 2.53. The lowest BCUT2D eigenvalue weighted by Gasteiger charge is -2.23. The van der Waals surface area contributed by atoms with Crippen LogP contribution in [-0.2, 0) is 0 Å². The molecule has 0 aliphatic carbocycles. The van der Waals surface area contributed by atoms with E-state index in [-0.39, 0.29) is 0 Å². The van der Waals surface area contributed by atoms with Gasteiger partial charge in [-0.15, -0.1) is 0 Å². The number of alkyl halides is 5. The van der Waals surface area contributed by atoms with Crippen LogP contribution in [0.4, 0.5) is 22.0 Å². The Hall–Kier alpha value is -1.11. The van der Waals surface area contributed by atoms with Crippen molar-refractivity contribution in [3.63, 3.8) is 0 Å². The molecule has 0 saturated carbocycles. The van der Waals surface area contributed by atoms with E-state index in [9.17, 15) is 22.0 Å². The van der Waals surface area contributed by atoms with Crippen molar-refractivity contribution < 1.29 is 31.5 Å². The zero-order valence-electron chi connectivity index (χ0n) is 6.55. The summed E-state index contributed by atoms with van der Waals surface area (Å²) in [6.45, 7) is 0. The van der Waals surface area contributed by atoms with E-state index in [1.807, 2.05) is 0 Å². The van der Waals surface area contributed by atoms with Crippen molar-refractivity contribution >= 4 is 0 Å². The van der Waals surface area contributed by atoms with Gasteiger partial charge in [0.05, 0.1) is 6.26 Å². The van der Waals surface area contributed by atoms with Crippen molar-refractivity contribution in [1.82, 2.24) is 0 Å². The molecule has 0 radical (unpaired) electrons. The Morgan fingerprint density at radius 2 is 1.79 bits per heavy atom. The molecule has 0 spiro atoms. The standard InChI is InChI=1S/C7H5F5O2/c8-6(9,7(10,11)12)5(13)4-2-1-3-14-4/h1-3,5,13H. The van der Waals surface area contributed by atoms with Gasteiger partial charge in [0.2, 0.25) is 0 Å². The van der Waals surface area contributed by atoms with E-state index in [2.05, 4.69) is 4.42 Å². The monoisotopic (exact) mass is 216 g/mol. The predicted molar refractivity (Wildman–Crippen MR) is 34.7 cm³/mol. The van der Waals surface area contributed by atoms with Crippen LogP contribution < -0.4 is 0 Å². The minimum absolute atomic E-state index is 0.827. The molecule has 0 fully saturated rings. The van der Waals surface area contributed by atoms with Gasteiger partial charge in [0.15, 0.2) is 6.10 Å². The summed E-state index contributed by atoms with van der Waals surface area (Å²) in [6.07, 6.45) is -7.93. The molecule has 2 nitrogen and oxygen atoms in total. The first-order valence-electron chi connectivity index (χ1n) is 3.43. The van der Waals surface area contributed by atoms with Gasteiger partial charge in [-0.05, 0) is 12.1 Å². The molecule has 0 bridgehead atoms. The molecular formula is C7H5F5O2. The maximum atomic E-state index is 12.5. The molecular weight excluding hydrogens is 211 g/mol. The number of aliphatic hydroxyl groups is 1. The summed E-state index contributed by atoms with van der Waals surface area (Å²) in [4.78, 5) is 0. The summed E-state index contributed by atoms with van der Waals surface area (Å²) in [7, 11) is 0. The van der Waals surface area contributed by atoms with Gasteiger partial charge in [-0.3, -0.25) is 0 Å². The second kappa shape index (κ2) is 3.23. The summed E-state index contributed by atoms with van der Waals surface area (Å²) in [5.74, 6) is -6.04. The summed E-state index contributed by atoms with van der Waals surface area (Å²) < 4.78 is 64.3. The van der Waals surface area contributed by atoms with Crippen LogP contribution in [0.3, 0.4) is 0 Å². The van der Waals surface area contributed by atoms with Gasteiger partial charge >= 0.3 is 12.1 Å². The molecule has 0 saturated heterocycles. The van der Waals surface area contributed by atoms with E-state index in [4.69, 9.17) is 5.11 Å². The van der Waals surface area contributed by atoms with E-state index >= 15 is 0 Å². The first-order valence-corrected chi connectivity index (χ1v) is 3.43. The Morgan fingerprint density at radius 3 is 2.14 bits per heavy atom. The smallest absolute Gasteiger partial charge is 0.456 e. The number of hydrogen-bond acceptors (Lipinski definition) is 2. The highest BCUT2D eigenvalue weighted by Crippen LogP contribution is 2.44. The van der Waals surface area contributed by atoms with Crippen LogP contribution in [-0.4, -0.2) is 17.2 Å². The Morgan fingerprint density at radius 1 is 1.21 bits per heavy atom. The third kappa shape index (κ3) is 1.72. The molecule has 0 aliphatic heterocycles. The Balaban J connectivity index is 2.94. The van der Waals surface area contributed by atoms with Crippen LogP contribution in [0.15, 0.2) is 22.8 Å². The molecule has 1 rings (SSSR count). The summed E-state index contributed by atoms with van der Waals surface area (Å²) in [5.41, 5.74) is 0. The average Bonchev–Trinajstić information content (AvgIpc) is 2.52. The predicted octanol–water partition coefficient (Wildman–Crippen LogP) is 2.51. The fourth-order valence-electron chi connectivity index (χ4n) is 0.781. The normalized spacial score (nSPS) is 15.6. The lowest BCUT2D eigenvalue weighted by molar-refractivity contribution is -0.317. The number of hydrogen-bond donors (Lipinski definition) is 1. The molecule has 0 aliphatic rings. The highest BCUT2D eigenvalue weighted by atomic mass is 19.4. The molecule has 1 aromatic rings. The van der Waals surface area contributed by atoms with Crippen LogP contribution in [0.25, 0.3) is 0 Å². The van der Waals surface area contributed by atoms with Crippen LogP contribution in [0.5, 0.6) is 0 Å². The number of rotatable bonds is 2. The number of halogens is 5. The minimum atomic E-state index is -5.81. The first kappa shape index (κ1) is 11.0. The van der Waals surface area contributed by atoms with Gasteiger partial charge < -0.3 is 9.52 Å². The molecule has 1 atom stereocenters. The molecule has 7 heteroatoms. The van der Waals surface area contributed by atoms with Crippen molar-refractivity contribution in [2.24, 2.45) is 0 Å². The quantitative estimate of drug-likeness (QED) is 0.770. The molecule has 1 heterocycles. The van der Waals surface area contributed by atoms with Gasteiger partial charge in [0, 0.05) is 0 Å². The molecule has 14 heavy (non-hydrogen) atoms. The Labute approximate surface area is 74.9 Å². The maximum absolute atomic E-state index is 12.5. The lowest BCUT2D eigenvalue weighted by Crippen LogP contribution is -2.42. The highest BCUT2D eigenvalue weighted by molar-refractivity contribution is 5.07. The lowest BCUT2D eigenvalue weighted by atomic mass is 10.1. The fourth-order valence-corrected chi connectivity index (χ4v) is 0.781. The van der Waals surface area contributed by atoms with Crippen molar-refractivity contribution in [3.05, 3.63) is 24.2 Å². The Bertz CT molecular complexity index is 290. The zero-order valence-corrected chi connectivity index (χ0v) is 6.55. The summed E-state index contributed by atoms with van der Waals surface area (Å²) in [5, 5.41) is 8.71. The van der Waals surface area contributed by atoms with Crippen molar-refractivity contribution in [2.45, 2.75) is 18.2 Å². The maximum Gasteiger partial charge on any atom is 0.456 e. The molecule has 80 valence electrons. The van der Waals surface area contributed by atoms with E-state index in [1.165, 1.54) is 0 Å². The van der Waals surface area contributed by atoms with Crippen molar-refractivity contribution in [3.8, 4) is 0 Å². The van der Waals surface area contributed by atoms with E-state index in [0.29, 0.717) is 0 Å². The second-order valence-corrected chi connectivity index (χ2v) is 2.54. The van der Waals surface area contributed by atoms with E-state index < -0.39 is 24.0 Å². The van der Waals surface area contributed by atoms with Gasteiger partial charge in [-0.25, -0.2) is 0 Å². The van der Waals surface area contributed by atoms with Gasteiger partial charge in [0.25, 0.3) is 0 Å². The molecule has 1 N–H and O–H groups in total. The SMILES string of the molecule is OC(c1ccco1)C(F)(F)C(F)(F)F. The number of aliphatic hydroxyl groups excluding tert-OH is 1. The molecule has 1 unspecified atom stereocenters. The van der Waals surface area contributed by atoms with Gasteiger partial charge in [0.1, 0.15) is 5.76 Å². The zero-order chi connectivity index (χ0) is 11.0. The molecule has 1 aromatic heterocycles. The van der Waals surface area contributed by atoms with Crippen LogP contribution >= 0.6 is 0 Å². The molecule has 0 amide bonds. The van der Waals surface area contributed by atoms with E-state index in [0.717, 1.165) is 18.4 Å². The third-order valence-corrected chi connectivity index (χ3v) is 1.53. The van der Waals surface area contributed by atoms with Gasteiger partial charge in [-0.2, -0.15) is 22.0 Å². The van der Waals surface area contributed by atoms with Crippen LogP contribution in [0, 0.1) is 0 Å². The number of furan rings is 1. The topological polar surface area (TPSA) is 33.4 Å². The van der Waals surface area contributed by atoms with Crippen LogP contribution in [0.2, 0.25) is 0 Å². The average molecular weight is 216 g/mol. The van der Waals surface area contributed by atoms with Gasteiger partial charge in [-0.1, -0.05) is 0 Å². The first-order chi connectivity index (χ1) is 6.27. The van der Waals surface area contributed by atoms with Crippen LogP contribution in [0.1, 0.15) is 11.9 Å². The minimum Gasteiger partial charge on any atom is -0.466 e. The highest BCUT2D eigenvalue weighted by Gasteiger charge is 2.63.